The van der Waals surface area contributed by atoms with Gasteiger partial charge >= 0.3 is 0 Å². The van der Waals surface area contributed by atoms with Crippen LogP contribution in [0.5, 0.6) is 0 Å². The number of nitrogens with one attached hydrogen (secondary N) is 1. The number of hydrogen-bond donors (Lipinski definition) is 1. The van der Waals surface area contributed by atoms with Crippen LogP contribution in [0, 0.1) is 5.82 Å². The van der Waals surface area contributed by atoms with Crippen molar-refractivity contribution in [2.24, 2.45) is 0 Å². The van der Waals surface area contributed by atoms with Gasteiger partial charge in [-0.2, -0.15) is 0 Å². The van der Waals surface area contributed by atoms with E-state index in [1.807, 2.05) is 13.8 Å². The van der Waals surface area contributed by atoms with E-state index in [1.165, 1.54) is 12.1 Å². The van der Waals surface area contributed by atoms with Gasteiger partial charge in [-0.3, -0.25) is 9.69 Å². The van der Waals surface area contributed by atoms with E-state index in [0.717, 1.165) is 18.7 Å². The van der Waals surface area contributed by atoms with Crippen LogP contribution < -0.4 is 5.32 Å². The highest BCUT2D eigenvalue weighted by Crippen LogP contribution is 2.09. The Morgan fingerprint density at radius 2 is 1.90 bits per heavy atom. The lowest BCUT2D eigenvalue weighted by atomic mass is 10.1. The van der Waals surface area contributed by atoms with E-state index < -0.39 is 0 Å². The average Bonchev–Trinajstić information content (AvgIpc) is 2.39. The molecule has 0 spiro atoms. The molecule has 0 radical (unpaired) electrons. The van der Waals surface area contributed by atoms with E-state index in [1.54, 1.807) is 12.1 Å². The zero-order valence-corrected chi connectivity index (χ0v) is 12.6. The van der Waals surface area contributed by atoms with Crippen LogP contribution in [0.3, 0.4) is 0 Å². The van der Waals surface area contributed by atoms with Crippen LogP contribution in [0.25, 0.3) is 0 Å². The predicted molar refractivity (Wildman–Crippen MR) is 79.6 cm³/mol. The standard InChI is InChI=1S/C16H23FN2O2/c1-12-9-19(10-13(2)21-12)11-16(20)18-8-7-14-3-5-15(17)6-4-14/h3-6,12-13H,7-11H2,1-2H3,(H,18,20). The van der Waals surface area contributed by atoms with Crippen LogP contribution in [-0.4, -0.2) is 49.2 Å². The first-order valence-electron chi connectivity index (χ1n) is 7.42. The Hall–Kier alpha value is -1.46. The SMILES string of the molecule is CC1CN(CC(=O)NCCc2ccc(F)cc2)CC(C)O1. The largest absolute Gasteiger partial charge is 0.373 e. The second-order valence-electron chi connectivity index (χ2n) is 5.68. The van der Waals surface area contributed by atoms with Crippen LogP contribution >= 0.6 is 0 Å². The van der Waals surface area contributed by atoms with E-state index in [-0.39, 0.29) is 23.9 Å². The molecule has 5 heteroatoms. The Balaban J connectivity index is 1.68. The minimum Gasteiger partial charge on any atom is -0.373 e. The van der Waals surface area contributed by atoms with Crippen molar-refractivity contribution >= 4 is 5.91 Å². The summed E-state index contributed by atoms with van der Waals surface area (Å²) in [5.74, 6) is -0.211. The predicted octanol–water partition coefficient (Wildman–Crippen LogP) is 1.59. The summed E-state index contributed by atoms with van der Waals surface area (Å²) in [6.45, 7) is 6.59. The Labute approximate surface area is 125 Å². The number of carbonyl (C=O) groups excluding carboxylic acids is 1. The Kier molecular flexibility index (Phi) is 5.70. The van der Waals surface area contributed by atoms with Crippen LogP contribution in [0.4, 0.5) is 4.39 Å². The van der Waals surface area contributed by atoms with E-state index >= 15 is 0 Å². The van der Waals surface area contributed by atoms with Gasteiger partial charge in [0.25, 0.3) is 0 Å². The first-order chi connectivity index (χ1) is 10.0. The van der Waals surface area contributed by atoms with Gasteiger partial charge in [0, 0.05) is 19.6 Å². The third-order valence-corrected chi connectivity index (χ3v) is 3.51. The molecule has 2 rings (SSSR count). The third kappa shape index (κ3) is 5.44. The lowest BCUT2D eigenvalue weighted by Gasteiger charge is -2.34. The van der Waals surface area contributed by atoms with Crippen LogP contribution in [0.1, 0.15) is 19.4 Å². The zero-order valence-electron chi connectivity index (χ0n) is 12.6. The molecule has 116 valence electrons. The molecule has 1 fully saturated rings. The molecule has 1 aliphatic heterocycles. The normalized spacial score (nSPS) is 23.0. The second-order valence-corrected chi connectivity index (χ2v) is 5.68. The number of nitrogens with zero attached hydrogens (tertiary/aromatic N) is 1. The molecule has 0 aliphatic carbocycles. The molecule has 0 aromatic heterocycles. The number of amides is 1. The van der Waals surface area contributed by atoms with E-state index in [2.05, 4.69) is 10.2 Å². The van der Waals surface area contributed by atoms with E-state index in [9.17, 15) is 9.18 Å². The van der Waals surface area contributed by atoms with E-state index in [0.29, 0.717) is 19.5 Å². The first kappa shape index (κ1) is 15.9. The summed E-state index contributed by atoms with van der Waals surface area (Å²) in [6.07, 6.45) is 1.05. The summed E-state index contributed by atoms with van der Waals surface area (Å²) in [4.78, 5) is 14.0. The number of halogens is 1. The van der Waals surface area contributed by atoms with Gasteiger partial charge in [-0.05, 0) is 38.0 Å². The van der Waals surface area contributed by atoms with Gasteiger partial charge in [0.2, 0.25) is 5.91 Å². The van der Waals surface area contributed by atoms with Crippen molar-refractivity contribution in [1.82, 2.24) is 10.2 Å². The zero-order chi connectivity index (χ0) is 15.2. The van der Waals surface area contributed by atoms with Gasteiger partial charge in [0.15, 0.2) is 0 Å². The summed E-state index contributed by atoms with van der Waals surface area (Å²) >= 11 is 0. The lowest BCUT2D eigenvalue weighted by Crippen LogP contribution is -2.49. The molecular weight excluding hydrogens is 271 g/mol. The maximum atomic E-state index is 12.8. The highest BCUT2D eigenvalue weighted by molar-refractivity contribution is 5.78. The van der Waals surface area contributed by atoms with E-state index in [4.69, 9.17) is 4.74 Å². The molecule has 1 aromatic carbocycles. The number of carbonyl (C=O) groups is 1. The smallest absolute Gasteiger partial charge is 0.234 e. The Morgan fingerprint density at radius 3 is 2.52 bits per heavy atom. The number of rotatable bonds is 5. The quantitative estimate of drug-likeness (QED) is 0.897. The third-order valence-electron chi connectivity index (χ3n) is 3.51. The van der Waals surface area contributed by atoms with Gasteiger partial charge in [-0.1, -0.05) is 12.1 Å². The molecule has 1 aliphatic rings. The Morgan fingerprint density at radius 1 is 1.29 bits per heavy atom. The summed E-state index contributed by atoms with van der Waals surface area (Å²) in [7, 11) is 0. The summed E-state index contributed by atoms with van der Waals surface area (Å²) in [6, 6.07) is 6.36. The average molecular weight is 294 g/mol. The van der Waals surface area contributed by atoms with Gasteiger partial charge in [0.05, 0.1) is 18.8 Å². The summed E-state index contributed by atoms with van der Waals surface area (Å²) < 4.78 is 18.4. The fraction of sp³-hybridized carbons (Fsp3) is 0.562. The minimum absolute atomic E-state index is 0.0263. The molecular formula is C16H23FN2O2. The number of morpholine rings is 1. The topological polar surface area (TPSA) is 41.6 Å². The molecule has 2 unspecified atom stereocenters. The molecule has 2 atom stereocenters. The number of hydrogen-bond acceptors (Lipinski definition) is 3. The van der Waals surface area contributed by atoms with Crippen molar-refractivity contribution < 1.29 is 13.9 Å². The van der Waals surface area contributed by atoms with Gasteiger partial charge in [-0.15, -0.1) is 0 Å². The molecule has 0 saturated carbocycles. The maximum absolute atomic E-state index is 12.8. The summed E-state index contributed by atoms with van der Waals surface area (Å²) in [5.41, 5.74) is 1.02. The monoisotopic (exact) mass is 294 g/mol. The number of benzene rings is 1. The van der Waals surface area contributed by atoms with Crippen molar-refractivity contribution in [3.05, 3.63) is 35.6 Å². The van der Waals surface area contributed by atoms with Crippen molar-refractivity contribution in [3.63, 3.8) is 0 Å². The fourth-order valence-corrected chi connectivity index (χ4v) is 2.67. The number of ether oxygens (including phenoxy) is 1. The maximum Gasteiger partial charge on any atom is 0.234 e. The van der Waals surface area contributed by atoms with Gasteiger partial charge in [-0.25, -0.2) is 4.39 Å². The Bertz CT molecular complexity index is 454. The van der Waals surface area contributed by atoms with Crippen molar-refractivity contribution in [3.8, 4) is 0 Å². The highest BCUT2D eigenvalue weighted by atomic mass is 19.1. The fourth-order valence-electron chi connectivity index (χ4n) is 2.67. The van der Waals surface area contributed by atoms with Crippen LogP contribution in [0.2, 0.25) is 0 Å². The van der Waals surface area contributed by atoms with Crippen molar-refractivity contribution in [2.45, 2.75) is 32.5 Å². The minimum atomic E-state index is -0.238. The van der Waals surface area contributed by atoms with Crippen LogP contribution in [-0.2, 0) is 16.0 Å². The molecule has 1 amide bonds. The molecule has 4 nitrogen and oxygen atoms in total. The first-order valence-corrected chi connectivity index (χ1v) is 7.42. The van der Waals surface area contributed by atoms with Gasteiger partial charge in [0.1, 0.15) is 5.82 Å². The molecule has 1 saturated heterocycles. The van der Waals surface area contributed by atoms with Gasteiger partial charge < -0.3 is 10.1 Å². The molecule has 21 heavy (non-hydrogen) atoms. The second kappa shape index (κ2) is 7.52. The van der Waals surface area contributed by atoms with Crippen LogP contribution in [0.15, 0.2) is 24.3 Å². The van der Waals surface area contributed by atoms with Crippen molar-refractivity contribution in [1.29, 1.82) is 0 Å². The molecule has 1 aromatic rings. The molecule has 1 heterocycles. The summed E-state index contributed by atoms with van der Waals surface area (Å²) in [5, 5.41) is 2.91. The van der Waals surface area contributed by atoms with Crippen molar-refractivity contribution in [2.75, 3.05) is 26.2 Å². The lowest BCUT2D eigenvalue weighted by molar-refractivity contribution is -0.125. The molecule has 0 bridgehead atoms. The molecule has 1 N–H and O–H groups in total. The highest BCUT2D eigenvalue weighted by Gasteiger charge is 2.23.